The standard InChI is InChI=1S/C21H22N2O4/c1-5-19(24)16-6-8-17(9-7-16)26-12-20(25)18-10-13(2)23(15(18)4)21-11-14(3)27-22-21/h6-11H,5,12H2,1-4H3. The molecule has 2 aromatic heterocycles. The number of Topliss-reactive ketones (excluding diaryl/α,β-unsaturated/α-hetero) is 2. The van der Waals surface area contributed by atoms with E-state index in [-0.39, 0.29) is 18.2 Å². The molecule has 0 saturated heterocycles. The molecule has 0 aliphatic carbocycles. The maximum Gasteiger partial charge on any atom is 0.202 e. The predicted molar refractivity (Wildman–Crippen MR) is 101 cm³/mol. The van der Waals surface area contributed by atoms with Crippen LogP contribution >= 0.6 is 0 Å². The van der Waals surface area contributed by atoms with Gasteiger partial charge in [0, 0.05) is 35.0 Å². The molecule has 0 bridgehead atoms. The molecule has 2 heterocycles. The van der Waals surface area contributed by atoms with E-state index in [0.717, 1.165) is 11.4 Å². The van der Waals surface area contributed by atoms with Gasteiger partial charge in [-0.1, -0.05) is 12.1 Å². The maximum absolute atomic E-state index is 12.6. The van der Waals surface area contributed by atoms with E-state index in [9.17, 15) is 9.59 Å². The Labute approximate surface area is 157 Å². The Kier molecular flexibility index (Phi) is 5.26. The Morgan fingerprint density at radius 2 is 1.78 bits per heavy atom. The van der Waals surface area contributed by atoms with E-state index in [1.54, 1.807) is 24.3 Å². The number of ether oxygens (including phenoxy) is 1. The Balaban J connectivity index is 1.72. The highest BCUT2D eigenvalue weighted by Gasteiger charge is 2.19. The lowest BCUT2D eigenvalue weighted by molar-refractivity contribution is 0.0919. The van der Waals surface area contributed by atoms with Crippen LogP contribution in [0.25, 0.3) is 5.82 Å². The first kappa shape index (κ1) is 18.6. The number of aryl methyl sites for hydroxylation is 2. The van der Waals surface area contributed by atoms with Crippen molar-refractivity contribution < 1.29 is 18.8 Å². The second kappa shape index (κ2) is 7.61. The van der Waals surface area contributed by atoms with Crippen LogP contribution in [0.5, 0.6) is 5.75 Å². The molecule has 6 nitrogen and oxygen atoms in total. The fraction of sp³-hybridized carbons (Fsp3) is 0.286. The average Bonchev–Trinajstić information content (AvgIpc) is 3.21. The van der Waals surface area contributed by atoms with Gasteiger partial charge in [-0.05, 0) is 51.1 Å². The molecule has 0 aliphatic rings. The summed E-state index contributed by atoms with van der Waals surface area (Å²) in [5.74, 6) is 1.87. The van der Waals surface area contributed by atoms with Crippen LogP contribution in [0.15, 0.2) is 40.9 Å². The van der Waals surface area contributed by atoms with E-state index in [0.29, 0.717) is 34.9 Å². The predicted octanol–water partition coefficient (Wildman–Crippen LogP) is 4.24. The van der Waals surface area contributed by atoms with Gasteiger partial charge in [0.2, 0.25) is 5.78 Å². The molecular weight excluding hydrogens is 344 g/mol. The van der Waals surface area contributed by atoms with Crippen molar-refractivity contribution in [3.8, 4) is 11.6 Å². The van der Waals surface area contributed by atoms with Crippen molar-refractivity contribution in [1.82, 2.24) is 9.72 Å². The summed E-state index contributed by atoms with van der Waals surface area (Å²) in [6.45, 7) is 7.35. The van der Waals surface area contributed by atoms with Crippen LogP contribution in [-0.2, 0) is 0 Å². The number of ketones is 2. The summed E-state index contributed by atoms with van der Waals surface area (Å²) >= 11 is 0. The van der Waals surface area contributed by atoms with Crippen molar-refractivity contribution in [3.63, 3.8) is 0 Å². The van der Waals surface area contributed by atoms with Gasteiger partial charge in [0.05, 0.1) is 0 Å². The Morgan fingerprint density at radius 3 is 2.37 bits per heavy atom. The zero-order valence-corrected chi connectivity index (χ0v) is 15.9. The molecule has 0 unspecified atom stereocenters. The van der Waals surface area contributed by atoms with Crippen LogP contribution in [0, 0.1) is 20.8 Å². The molecule has 0 aliphatic heterocycles. The van der Waals surface area contributed by atoms with Gasteiger partial charge in [0.1, 0.15) is 11.5 Å². The molecule has 3 rings (SSSR count). The highest BCUT2D eigenvalue weighted by atomic mass is 16.5. The maximum atomic E-state index is 12.6. The van der Waals surface area contributed by atoms with Crippen molar-refractivity contribution in [2.45, 2.75) is 34.1 Å². The molecule has 3 aromatic rings. The number of rotatable bonds is 7. The van der Waals surface area contributed by atoms with Gasteiger partial charge >= 0.3 is 0 Å². The van der Waals surface area contributed by atoms with Crippen molar-refractivity contribution in [2.75, 3.05) is 6.61 Å². The van der Waals surface area contributed by atoms with Crippen LogP contribution < -0.4 is 4.74 Å². The third-order valence-electron chi connectivity index (χ3n) is 4.44. The molecule has 0 radical (unpaired) electrons. The van der Waals surface area contributed by atoms with Crippen LogP contribution in [0.2, 0.25) is 0 Å². The quantitative estimate of drug-likeness (QED) is 0.585. The minimum atomic E-state index is -0.122. The molecule has 0 spiro atoms. The lowest BCUT2D eigenvalue weighted by atomic mass is 10.1. The number of benzene rings is 1. The molecule has 0 saturated carbocycles. The topological polar surface area (TPSA) is 74.3 Å². The summed E-state index contributed by atoms with van der Waals surface area (Å²) in [5, 5.41) is 4.02. The van der Waals surface area contributed by atoms with Gasteiger partial charge in [0.25, 0.3) is 0 Å². The number of carbonyl (C=O) groups is 2. The van der Waals surface area contributed by atoms with Gasteiger partial charge in [-0.3, -0.25) is 14.2 Å². The first-order chi connectivity index (χ1) is 12.9. The van der Waals surface area contributed by atoms with E-state index < -0.39 is 0 Å². The Morgan fingerprint density at radius 1 is 1.07 bits per heavy atom. The average molecular weight is 366 g/mol. The summed E-state index contributed by atoms with van der Waals surface area (Å²) in [4.78, 5) is 24.3. The summed E-state index contributed by atoms with van der Waals surface area (Å²) in [6, 6.07) is 10.5. The largest absolute Gasteiger partial charge is 0.485 e. The van der Waals surface area contributed by atoms with E-state index in [1.807, 2.05) is 44.4 Å². The molecule has 0 atom stereocenters. The number of carbonyl (C=O) groups excluding carboxylic acids is 2. The van der Waals surface area contributed by atoms with Gasteiger partial charge in [-0.25, -0.2) is 0 Å². The third kappa shape index (κ3) is 3.84. The van der Waals surface area contributed by atoms with E-state index in [1.165, 1.54) is 0 Å². The smallest absolute Gasteiger partial charge is 0.202 e. The van der Waals surface area contributed by atoms with Gasteiger partial charge in [-0.15, -0.1) is 0 Å². The van der Waals surface area contributed by atoms with Gasteiger partial charge in [-0.2, -0.15) is 0 Å². The normalized spacial score (nSPS) is 10.8. The molecule has 27 heavy (non-hydrogen) atoms. The highest BCUT2D eigenvalue weighted by molar-refractivity contribution is 5.99. The van der Waals surface area contributed by atoms with Crippen molar-refractivity contribution in [3.05, 3.63) is 64.7 Å². The second-order valence-corrected chi connectivity index (χ2v) is 6.43. The highest BCUT2D eigenvalue weighted by Crippen LogP contribution is 2.22. The van der Waals surface area contributed by atoms with Crippen molar-refractivity contribution in [1.29, 1.82) is 0 Å². The molecule has 6 heteroatoms. The fourth-order valence-electron chi connectivity index (χ4n) is 3.02. The number of nitrogens with zero attached hydrogens (tertiary/aromatic N) is 2. The minimum Gasteiger partial charge on any atom is -0.485 e. The molecular formula is C21H22N2O4. The van der Waals surface area contributed by atoms with Crippen molar-refractivity contribution >= 4 is 11.6 Å². The van der Waals surface area contributed by atoms with Gasteiger partial charge in [0.15, 0.2) is 18.2 Å². The summed E-state index contributed by atoms with van der Waals surface area (Å²) < 4.78 is 12.6. The van der Waals surface area contributed by atoms with E-state index in [2.05, 4.69) is 5.16 Å². The first-order valence-electron chi connectivity index (χ1n) is 8.82. The van der Waals surface area contributed by atoms with Crippen LogP contribution in [0.4, 0.5) is 0 Å². The summed E-state index contributed by atoms with van der Waals surface area (Å²) in [7, 11) is 0. The molecule has 140 valence electrons. The number of hydrogen-bond acceptors (Lipinski definition) is 5. The number of hydrogen-bond donors (Lipinski definition) is 0. The fourth-order valence-corrected chi connectivity index (χ4v) is 3.02. The summed E-state index contributed by atoms with van der Waals surface area (Å²) in [5.41, 5.74) is 2.92. The second-order valence-electron chi connectivity index (χ2n) is 6.43. The monoisotopic (exact) mass is 366 g/mol. The lowest BCUT2D eigenvalue weighted by Crippen LogP contribution is -2.13. The zero-order chi connectivity index (χ0) is 19.6. The van der Waals surface area contributed by atoms with Crippen LogP contribution in [0.1, 0.15) is 51.2 Å². The van der Waals surface area contributed by atoms with Crippen LogP contribution in [0.3, 0.4) is 0 Å². The third-order valence-corrected chi connectivity index (χ3v) is 4.44. The van der Waals surface area contributed by atoms with E-state index >= 15 is 0 Å². The van der Waals surface area contributed by atoms with Crippen LogP contribution in [-0.4, -0.2) is 27.9 Å². The SMILES string of the molecule is CCC(=O)c1ccc(OCC(=O)c2cc(C)n(-c3cc(C)on3)c2C)cc1. The molecule has 0 amide bonds. The molecule has 1 aromatic carbocycles. The number of aromatic nitrogens is 2. The first-order valence-corrected chi connectivity index (χ1v) is 8.82. The van der Waals surface area contributed by atoms with Crippen molar-refractivity contribution in [2.24, 2.45) is 0 Å². The molecule has 0 N–H and O–H groups in total. The minimum absolute atomic E-state index is 0.0770. The molecule has 0 fully saturated rings. The summed E-state index contributed by atoms with van der Waals surface area (Å²) in [6.07, 6.45) is 0.458. The lowest BCUT2D eigenvalue weighted by Gasteiger charge is -2.07. The zero-order valence-electron chi connectivity index (χ0n) is 15.9. The Bertz CT molecular complexity index is 980. The Hall–Kier alpha value is -3.15. The van der Waals surface area contributed by atoms with E-state index in [4.69, 9.17) is 9.26 Å². The van der Waals surface area contributed by atoms with Gasteiger partial charge < -0.3 is 9.26 Å².